The van der Waals surface area contributed by atoms with Crippen LogP contribution in [0.25, 0.3) is 0 Å². The normalized spacial score (nSPS) is 10.5. The molecule has 2 aromatic rings. The number of hydrogen-bond donors (Lipinski definition) is 0. The molecule has 0 unspecified atom stereocenters. The van der Waals surface area contributed by atoms with E-state index in [0.717, 1.165) is 19.8 Å². The van der Waals surface area contributed by atoms with Crippen LogP contribution in [0.1, 0.15) is 11.1 Å². The maximum absolute atomic E-state index is 13.6. The van der Waals surface area contributed by atoms with E-state index in [1.54, 1.807) is 12.1 Å². The van der Waals surface area contributed by atoms with Crippen LogP contribution in [0.5, 0.6) is 5.75 Å². The number of benzene rings is 2. The lowest BCUT2D eigenvalue weighted by Crippen LogP contribution is -1.99. The molecular weight excluding hydrogens is 443 g/mol. The van der Waals surface area contributed by atoms with Gasteiger partial charge in [-0.2, -0.15) is 0 Å². The number of halogens is 4. The third-order valence-electron chi connectivity index (χ3n) is 2.54. The maximum Gasteiger partial charge on any atom is 0.134 e. The molecule has 0 aromatic heterocycles. The van der Waals surface area contributed by atoms with E-state index in [0.29, 0.717) is 11.3 Å². The first-order valence-electron chi connectivity index (χ1n) is 5.51. The molecular formula is C14H10Br3FO. The summed E-state index contributed by atoms with van der Waals surface area (Å²) in [7, 11) is 0. The van der Waals surface area contributed by atoms with Crippen LogP contribution in [0.2, 0.25) is 0 Å². The molecule has 0 bridgehead atoms. The summed E-state index contributed by atoms with van der Waals surface area (Å²) < 4.78 is 20.9. The van der Waals surface area contributed by atoms with E-state index < -0.39 is 0 Å². The average Bonchev–Trinajstić information content (AvgIpc) is 2.40. The van der Waals surface area contributed by atoms with E-state index in [4.69, 9.17) is 4.74 Å². The van der Waals surface area contributed by atoms with E-state index in [1.165, 1.54) is 6.07 Å². The standard InChI is InChI=1S/C14H10Br3FO/c15-7-9-1-4-14(12(17)5-9)19-8-10-6-11(16)2-3-13(10)18/h1-6H,7-8H2. The van der Waals surface area contributed by atoms with Gasteiger partial charge in [0.1, 0.15) is 18.2 Å². The quantitative estimate of drug-likeness (QED) is 0.531. The van der Waals surface area contributed by atoms with Crippen LogP contribution in [0, 0.1) is 5.82 Å². The lowest BCUT2D eigenvalue weighted by Gasteiger charge is -2.10. The summed E-state index contributed by atoms with van der Waals surface area (Å²) in [6.07, 6.45) is 0. The van der Waals surface area contributed by atoms with E-state index in [-0.39, 0.29) is 12.4 Å². The van der Waals surface area contributed by atoms with Crippen LogP contribution in [0.15, 0.2) is 45.3 Å². The van der Waals surface area contributed by atoms with Crippen molar-refractivity contribution in [1.82, 2.24) is 0 Å². The van der Waals surface area contributed by atoms with Crippen LogP contribution < -0.4 is 4.74 Å². The third-order valence-corrected chi connectivity index (χ3v) is 4.30. The fraction of sp³-hybridized carbons (Fsp3) is 0.143. The number of alkyl halides is 1. The van der Waals surface area contributed by atoms with Gasteiger partial charge in [0.15, 0.2) is 0 Å². The summed E-state index contributed by atoms with van der Waals surface area (Å²) in [4.78, 5) is 0. The molecule has 0 N–H and O–H groups in total. The summed E-state index contributed by atoms with van der Waals surface area (Å²) in [6.45, 7) is 0.192. The van der Waals surface area contributed by atoms with Gasteiger partial charge < -0.3 is 4.74 Å². The van der Waals surface area contributed by atoms with E-state index >= 15 is 0 Å². The summed E-state index contributed by atoms with van der Waals surface area (Å²) in [5.41, 5.74) is 1.67. The molecule has 100 valence electrons. The highest BCUT2D eigenvalue weighted by molar-refractivity contribution is 9.11. The van der Waals surface area contributed by atoms with Crippen LogP contribution in [-0.2, 0) is 11.9 Å². The van der Waals surface area contributed by atoms with Gasteiger partial charge in [0.25, 0.3) is 0 Å². The molecule has 0 radical (unpaired) electrons. The molecule has 0 amide bonds. The Morgan fingerprint density at radius 3 is 2.53 bits per heavy atom. The van der Waals surface area contributed by atoms with Gasteiger partial charge in [0.05, 0.1) is 4.47 Å². The minimum Gasteiger partial charge on any atom is -0.488 e. The predicted molar refractivity (Wildman–Crippen MR) is 85.2 cm³/mol. The predicted octanol–water partition coefficient (Wildman–Crippen LogP) is 5.82. The van der Waals surface area contributed by atoms with Gasteiger partial charge in [0, 0.05) is 15.4 Å². The SMILES string of the molecule is Fc1ccc(Br)cc1COc1ccc(CBr)cc1Br. The second kappa shape index (κ2) is 6.86. The molecule has 0 aliphatic carbocycles. The minimum absolute atomic E-state index is 0.192. The molecule has 0 saturated heterocycles. The van der Waals surface area contributed by atoms with E-state index in [1.807, 2.05) is 18.2 Å². The maximum atomic E-state index is 13.6. The van der Waals surface area contributed by atoms with Gasteiger partial charge in [0.2, 0.25) is 0 Å². The van der Waals surface area contributed by atoms with Crippen LogP contribution in [0.3, 0.4) is 0 Å². The van der Waals surface area contributed by atoms with Gasteiger partial charge in [-0.15, -0.1) is 0 Å². The van der Waals surface area contributed by atoms with Crippen LogP contribution in [0.4, 0.5) is 4.39 Å². The average molecular weight is 453 g/mol. The third kappa shape index (κ3) is 4.04. The first-order valence-corrected chi connectivity index (χ1v) is 8.22. The molecule has 2 rings (SSSR count). The van der Waals surface area contributed by atoms with Gasteiger partial charge in [-0.1, -0.05) is 37.9 Å². The van der Waals surface area contributed by atoms with Crippen molar-refractivity contribution in [2.24, 2.45) is 0 Å². The largest absolute Gasteiger partial charge is 0.488 e. The zero-order chi connectivity index (χ0) is 13.8. The molecule has 5 heteroatoms. The summed E-state index contributed by atoms with van der Waals surface area (Å²) in [5.74, 6) is 0.431. The van der Waals surface area contributed by atoms with Crippen molar-refractivity contribution in [2.75, 3.05) is 0 Å². The van der Waals surface area contributed by atoms with Crippen molar-refractivity contribution < 1.29 is 9.13 Å². The Kier molecular flexibility index (Phi) is 5.42. The molecule has 19 heavy (non-hydrogen) atoms. The zero-order valence-electron chi connectivity index (χ0n) is 9.80. The van der Waals surface area contributed by atoms with Crippen molar-refractivity contribution >= 4 is 47.8 Å². The molecule has 0 atom stereocenters. The van der Waals surface area contributed by atoms with Gasteiger partial charge in [-0.05, 0) is 51.8 Å². The van der Waals surface area contributed by atoms with Gasteiger partial charge >= 0.3 is 0 Å². The highest BCUT2D eigenvalue weighted by Gasteiger charge is 2.06. The second-order valence-corrected chi connectivity index (χ2v) is 6.25. The van der Waals surface area contributed by atoms with E-state index in [2.05, 4.69) is 47.8 Å². The summed E-state index contributed by atoms with van der Waals surface area (Å²) in [5, 5.41) is 0.784. The molecule has 1 nitrogen and oxygen atoms in total. The summed E-state index contributed by atoms with van der Waals surface area (Å²) >= 11 is 10.2. The van der Waals surface area contributed by atoms with Crippen LogP contribution in [-0.4, -0.2) is 0 Å². The van der Waals surface area contributed by atoms with Crippen molar-refractivity contribution in [1.29, 1.82) is 0 Å². The monoisotopic (exact) mass is 450 g/mol. The van der Waals surface area contributed by atoms with Crippen molar-refractivity contribution in [3.05, 3.63) is 62.3 Å². The Bertz CT molecular complexity index is 587. The zero-order valence-corrected chi connectivity index (χ0v) is 14.6. The van der Waals surface area contributed by atoms with Crippen molar-refractivity contribution in [3.8, 4) is 5.75 Å². The fourth-order valence-electron chi connectivity index (χ4n) is 1.55. The first kappa shape index (κ1) is 15.0. The Hall–Kier alpha value is -0.390. The first-order chi connectivity index (χ1) is 9.10. The lowest BCUT2D eigenvalue weighted by molar-refractivity contribution is 0.298. The number of hydrogen-bond acceptors (Lipinski definition) is 1. The molecule has 0 saturated carbocycles. The Balaban J connectivity index is 2.12. The number of rotatable bonds is 4. The highest BCUT2D eigenvalue weighted by Crippen LogP contribution is 2.28. The Morgan fingerprint density at radius 2 is 1.84 bits per heavy atom. The highest BCUT2D eigenvalue weighted by atomic mass is 79.9. The van der Waals surface area contributed by atoms with Crippen molar-refractivity contribution in [2.45, 2.75) is 11.9 Å². The number of ether oxygens (including phenoxy) is 1. The lowest BCUT2D eigenvalue weighted by atomic mass is 10.2. The Labute approximate surface area is 136 Å². The molecule has 0 heterocycles. The molecule has 0 spiro atoms. The molecule has 0 aliphatic heterocycles. The molecule has 0 fully saturated rings. The van der Waals surface area contributed by atoms with E-state index in [9.17, 15) is 4.39 Å². The fourth-order valence-corrected chi connectivity index (χ4v) is 2.85. The van der Waals surface area contributed by atoms with Gasteiger partial charge in [-0.3, -0.25) is 0 Å². The molecule has 0 aliphatic rings. The van der Waals surface area contributed by atoms with Crippen molar-refractivity contribution in [3.63, 3.8) is 0 Å². The Morgan fingerprint density at radius 1 is 1.05 bits per heavy atom. The minimum atomic E-state index is -0.267. The van der Waals surface area contributed by atoms with Gasteiger partial charge in [-0.25, -0.2) is 4.39 Å². The summed E-state index contributed by atoms with van der Waals surface area (Å²) in [6, 6.07) is 10.6. The molecule has 2 aromatic carbocycles. The second-order valence-electron chi connectivity index (χ2n) is 3.92. The van der Waals surface area contributed by atoms with Crippen LogP contribution >= 0.6 is 47.8 Å². The topological polar surface area (TPSA) is 9.23 Å². The smallest absolute Gasteiger partial charge is 0.134 e.